The number of halogens is 1. The molecule has 1 amide bonds. The molecule has 10 heteroatoms. The maximum Gasteiger partial charge on any atom is 0.412 e. The van der Waals surface area contributed by atoms with E-state index in [4.69, 9.17) is 20.9 Å². The summed E-state index contributed by atoms with van der Waals surface area (Å²) in [6, 6.07) is 11.0. The fraction of sp³-hybridized carbons (Fsp3) is 0.208. The zero-order valence-electron chi connectivity index (χ0n) is 17.8. The van der Waals surface area contributed by atoms with Gasteiger partial charge in [-0.15, -0.1) is 22.7 Å². The Labute approximate surface area is 207 Å². The lowest BCUT2D eigenvalue weighted by molar-refractivity contribution is -0.139. The van der Waals surface area contributed by atoms with E-state index < -0.39 is 23.6 Å². The Kier molecular flexibility index (Phi) is 5.81. The van der Waals surface area contributed by atoms with Gasteiger partial charge in [-0.25, -0.2) is 4.79 Å². The van der Waals surface area contributed by atoms with Crippen molar-refractivity contribution in [2.24, 2.45) is 0 Å². The Bertz CT molecular complexity index is 1440. The fourth-order valence-corrected chi connectivity index (χ4v) is 6.31. The number of amides is 1. The van der Waals surface area contributed by atoms with Crippen LogP contribution in [0.4, 0.5) is 10.5 Å². The van der Waals surface area contributed by atoms with E-state index in [1.165, 1.54) is 28.9 Å². The summed E-state index contributed by atoms with van der Waals surface area (Å²) in [4.78, 5) is 25.6. The van der Waals surface area contributed by atoms with Crippen LogP contribution in [0.15, 0.2) is 47.1 Å². The predicted octanol–water partition coefficient (Wildman–Crippen LogP) is 6.43. The average molecular weight is 513 g/mol. The van der Waals surface area contributed by atoms with Crippen molar-refractivity contribution in [3.05, 3.63) is 68.7 Å². The molecule has 0 saturated heterocycles. The van der Waals surface area contributed by atoms with Crippen molar-refractivity contribution in [3.8, 4) is 11.8 Å². The SMILES string of the molecule is CC(OC(=O)Nc1cnoc1C#Cc1cc2sc(C3(C(=O)O)CC3)cc2s1)c1ccccc1Cl. The van der Waals surface area contributed by atoms with Gasteiger partial charge in [0, 0.05) is 24.9 Å². The molecule has 1 fully saturated rings. The number of benzene rings is 1. The second kappa shape index (κ2) is 8.80. The van der Waals surface area contributed by atoms with Crippen molar-refractivity contribution in [1.82, 2.24) is 5.16 Å². The van der Waals surface area contributed by atoms with Crippen molar-refractivity contribution in [2.45, 2.75) is 31.3 Å². The molecule has 2 N–H and O–H groups in total. The second-order valence-electron chi connectivity index (χ2n) is 7.85. The first kappa shape index (κ1) is 22.5. The second-order valence-corrected chi connectivity index (χ2v) is 10.4. The summed E-state index contributed by atoms with van der Waals surface area (Å²) in [6.07, 6.45) is 1.48. The molecule has 4 aromatic rings. The third kappa shape index (κ3) is 4.28. The minimum atomic E-state index is -0.758. The molecule has 1 aliphatic carbocycles. The largest absolute Gasteiger partial charge is 0.481 e. The number of thiophene rings is 2. The molecule has 1 atom stereocenters. The number of hydrogen-bond donors (Lipinski definition) is 2. The smallest absolute Gasteiger partial charge is 0.412 e. The van der Waals surface area contributed by atoms with Crippen LogP contribution in [0.5, 0.6) is 0 Å². The molecule has 34 heavy (non-hydrogen) atoms. The number of carboxylic acid groups (broad SMARTS) is 1. The fourth-order valence-electron chi connectivity index (χ4n) is 3.53. The van der Waals surface area contributed by atoms with Crippen LogP contribution in [0, 0.1) is 11.8 Å². The van der Waals surface area contributed by atoms with Crippen LogP contribution >= 0.6 is 34.3 Å². The number of rotatable bonds is 5. The third-order valence-corrected chi connectivity index (χ3v) is 8.33. The van der Waals surface area contributed by atoms with Gasteiger partial charge in [0.1, 0.15) is 17.2 Å². The monoisotopic (exact) mass is 512 g/mol. The van der Waals surface area contributed by atoms with Gasteiger partial charge in [-0.3, -0.25) is 10.1 Å². The number of carboxylic acids is 1. The molecule has 5 rings (SSSR count). The van der Waals surface area contributed by atoms with Gasteiger partial charge < -0.3 is 14.4 Å². The van der Waals surface area contributed by atoms with Gasteiger partial charge in [0.15, 0.2) is 0 Å². The number of fused-ring (bicyclic) bond motifs is 1. The topological polar surface area (TPSA) is 102 Å². The molecule has 1 aromatic carbocycles. The van der Waals surface area contributed by atoms with E-state index in [1.54, 1.807) is 25.1 Å². The van der Waals surface area contributed by atoms with Gasteiger partial charge in [-0.05, 0) is 49.8 Å². The molecule has 0 aliphatic heterocycles. The first-order chi connectivity index (χ1) is 16.4. The average Bonchev–Trinajstić information content (AvgIpc) is 3.12. The van der Waals surface area contributed by atoms with E-state index in [0.717, 1.165) is 19.2 Å². The highest BCUT2D eigenvalue weighted by Crippen LogP contribution is 2.52. The van der Waals surface area contributed by atoms with Crippen LogP contribution < -0.4 is 5.32 Å². The van der Waals surface area contributed by atoms with Crippen LogP contribution in [0.25, 0.3) is 9.40 Å². The Morgan fingerprint density at radius 1 is 1.24 bits per heavy atom. The number of carbonyl (C=O) groups excluding carboxylic acids is 1. The Morgan fingerprint density at radius 3 is 2.71 bits per heavy atom. The number of aromatic nitrogens is 1. The van der Waals surface area contributed by atoms with Gasteiger partial charge in [0.25, 0.3) is 0 Å². The van der Waals surface area contributed by atoms with Gasteiger partial charge in [0.05, 0.1) is 11.1 Å². The van der Waals surface area contributed by atoms with Crippen molar-refractivity contribution >= 4 is 61.4 Å². The summed E-state index contributed by atoms with van der Waals surface area (Å²) in [6.45, 7) is 1.73. The lowest BCUT2D eigenvalue weighted by atomic mass is 10.1. The maximum absolute atomic E-state index is 12.3. The highest BCUT2D eigenvalue weighted by molar-refractivity contribution is 7.28. The quantitative estimate of drug-likeness (QED) is 0.299. The number of ether oxygens (including phenoxy) is 1. The third-order valence-electron chi connectivity index (χ3n) is 5.57. The van der Waals surface area contributed by atoms with Crippen molar-refractivity contribution in [3.63, 3.8) is 0 Å². The summed E-state index contributed by atoms with van der Waals surface area (Å²) in [7, 11) is 0. The molecule has 0 radical (unpaired) electrons. The molecule has 172 valence electrons. The first-order valence-corrected chi connectivity index (χ1v) is 12.3. The summed E-state index contributed by atoms with van der Waals surface area (Å²) in [5.41, 5.74) is 0.288. The van der Waals surface area contributed by atoms with Crippen LogP contribution in [-0.2, 0) is 14.9 Å². The number of hydrogen-bond acceptors (Lipinski definition) is 7. The Morgan fingerprint density at radius 2 is 2.00 bits per heavy atom. The van der Waals surface area contributed by atoms with Crippen molar-refractivity contribution < 1.29 is 24.0 Å². The number of nitrogens with one attached hydrogen (secondary N) is 1. The molecule has 1 saturated carbocycles. The molecule has 0 spiro atoms. The lowest BCUT2D eigenvalue weighted by Crippen LogP contribution is -2.17. The minimum absolute atomic E-state index is 0.197. The molecule has 1 aliphatic rings. The van der Waals surface area contributed by atoms with Gasteiger partial charge >= 0.3 is 12.1 Å². The van der Waals surface area contributed by atoms with Crippen molar-refractivity contribution in [2.75, 3.05) is 5.32 Å². The zero-order valence-corrected chi connectivity index (χ0v) is 20.1. The summed E-state index contributed by atoms with van der Waals surface area (Å²) in [5.74, 6) is 5.35. The number of anilines is 1. The summed E-state index contributed by atoms with van der Waals surface area (Å²) >= 11 is 9.14. The predicted molar refractivity (Wildman–Crippen MR) is 131 cm³/mol. The Hall–Kier alpha value is -3.32. The van der Waals surface area contributed by atoms with Gasteiger partial charge in [-0.1, -0.05) is 35.0 Å². The lowest BCUT2D eigenvalue weighted by Gasteiger charge is -2.14. The van der Waals surface area contributed by atoms with Crippen LogP contribution in [-0.4, -0.2) is 22.3 Å². The van der Waals surface area contributed by atoms with E-state index in [2.05, 4.69) is 22.3 Å². The molecule has 3 aromatic heterocycles. The van der Waals surface area contributed by atoms with E-state index in [1.807, 2.05) is 18.2 Å². The number of carbonyl (C=O) groups is 2. The van der Waals surface area contributed by atoms with E-state index in [-0.39, 0.29) is 5.76 Å². The normalized spacial score (nSPS) is 14.8. The number of aliphatic carboxylic acids is 1. The van der Waals surface area contributed by atoms with Gasteiger partial charge in [-0.2, -0.15) is 0 Å². The van der Waals surface area contributed by atoms with E-state index in [9.17, 15) is 14.7 Å². The first-order valence-electron chi connectivity index (χ1n) is 10.3. The van der Waals surface area contributed by atoms with Gasteiger partial charge in [0.2, 0.25) is 5.76 Å². The summed E-state index contributed by atoms with van der Waals surface area (Å²) < 4.78 is 12.6. The zero-order chi connectivity index (χ0) is 23.9. The molecule has 3 heterocycles. The highest BCUT2D eigenvalue weighted by atomic mass is 35.5. The molecule has 1 unspecified atom stereocenters. The molecular weight excluding hydrogens is 496 g/mol. The molecule has 7 nitrogen and oxygen atoms in total. The van der Waals surface area contributed by atoms with Crippen LogP contribution in [0.2, 0.25) is 5.02 Å². The van der Waals surface area contributed by atoms with E-state index in [0.29, 0.717) is 29.1 Å². The molecule has 0 bridgehead atoms. The molecular formula is C24H17ClN2O5S2. The maximum atomic E-state index is 12.3. The Balaban J connectivity index is 1.27. The minimum Gasteiger partial charge on any atom is -0.481 e. The van der Waals surface area contributed by atoms with Crippen molar-refractivity contribution in [1.29, 1.82) is 0 Å². The standard InChI is InChI=1S/C24H17ClN2O5S2/c1-13(15-4-2-3-5-16(15)25)31-23(30)27-17-12-26-32-18(17)7-6-14-10-19-20(33-14)11-21(34-19)24(8-9-24)22(28)29/h2-5,10-13H,8-9H2,1H3,(H,27,30)(H,28,29). The van der Waals surface area contributed by atoms with Crippen LogP contribution in [0.1, 0.15) is 46.9 Å². The highest BCUT2D eigenvalue weighted by Gasteiger charge is 2.53. The van der Waals surface area contributed by atoms with Crippen LogP contribution in [0.3, 0.4) is 0 Å². The summed E-state index contributed by atoms with van der Waals surface area (Å²) in [5, 5.41) is 16.3. The number of nitrogens with zero attached hydrogens (tertiary/aromatic N) is 1. The van der Waals surface area contributed by atoms with E-state index >= 15 is 0 Å².